The summed E-state index contributed by atoms with van der Waals surface area (Å²) in [5, 5.41) is 0. The summed E-state index contributed by atoms with van der Waals surface area (Å²) in [7, 11) is -2.18. The van der Waals surface area contributed by atoms with Crippen LogP contribution in [0.15, 0.2) is 76.2 Å². The molecule has 0 spiro atoms. The molecule has 0 radical (unpaired) electrons. The molecule has 0 saturated carbocycles. The summed E-state index contributed by atoms with van der Waals surface area (Å²) in [6.45, 7) is 2.82. The minimum Gasteiger partial charge on any atom is -0.497 e. The Morgan fingerprint density at radius 3 is 2.48 bits per heavy atom. The van der Waals surface area contributed by atoms with Crippen molar-refractivity contribution in [3.8, 4) is 5.75 Å². The van der Waals surface area contributed by atoms with Gasteiger partial charge in [-0.05, 0) is 68.3 Å². The van der Waals surface area contributed by atoms with Crippen LogP contribution in [0.3, 0.4) is 0 Å². The number of aryl methyl sites for hydroxylation is 1. The minimum absolute atomic E-state index is 0.107. The van der Waals surface area contributed by atoms with Gasteiger partial charge < -0.3 is 14.1 Å². The quantitative estimate of drug-likeness (QED) is 0.518. The Balaban J connectivity index is 1.56. The first kappa shape index (κ1) is 23.1. The van der Waals surface area contributed by atoms with Gasteiger partial charge in [-0.15, -0.1) is 0 Å². The number of rotatable bonds is 7. The average Bonchev–Trinajstić information content (AvgIpc) is 3.36. The molecule has 2 heterocycles. The van der Waals surface area contributed by atoms with Gasteiger partial charge >= 0.3 is 0 Å². The van der Waals surface area contributed by atoms with Crippen molar-refractivity contribution >= 4 is 21.6 Å². The highest BCUT2D eigenvalue weighted by Crippen LogP contribution is 2.28. The number of piperidine rings is 1. The summed E-state index contributed by atoms with van der Waals surface area (Å²) in [4.78, 5) is 15.5. The number of hydrogen-bond acceptors (Lipinski definition) is 5. The molecule has 1 aliphatic heterocycles. The van der Waals surface area contributed by atoms with Crippen molar-refractivity contribution in [2.24, 2.45) is 5.92 Å². The molecule has 0 N–H and O–H groups in total. The zero-order valence-electron chi connectivity index (χ0n) is 18.8. The molecule has 8 heteroatoms. The van der Waals surface area contributed by atoms with Gasteiger partial charge in [0.2, 0.25) is 15.9 Å². The summed E-state index contributed by atoms with van der Waals surface area (Å²) in [6.07, 6.45) is 2.83. The van der Waals surface area contributed by atoms with Gasteiger partial charge in [0.05, 0.1) is 30.7 Å². The summed E-state index contributed by atoms with van der Waals surface area (Å²) in [5.74, 6) is 0.711. The fourth-order valence-corrected chi connectivity index (χ4v) is 5.58. The van der Waals surface area contributed by atoms with Crippen molar-refractivity contribution in [1.29, 1.82) is 0 Å². The number of ether oxygens (including phenoxy) is 1. The maximum atomic E-state index is 13.6. The van der Waals surface area contributed by atoms with E-state index in [2.05, 4.69) is 0 Å². The van der Waals surface area contributed by atoms with Crippen molar-refractivity contribution in [3.63, 3.8) is 0 Å². The van der Waals surface area contributed by atoms with E-state index < -0.39 is 15.9 Å². The van der Waals surface area contributed by atoms with Crippen molar-refractivity contribution in [2.75, 3.05) is 25.1 Å². The lowest BCUT2D eigenvalue weighted by Gasteiger charge is -2.34. The van der Waals surface area contributed by atoms with Gasteiger partial charge in [-0.1, -0.05) is 17.7 Å². The lowest BCUT2D eigenvalue weighted by atomic mass is 9.97. The second-order valence-electron chi connectivity index (χ2n) is 8.22. The standard InChI is InChI=1S/C25H28N2O5S/c1-19-7-9-21(10-8-19)27(18-23-6-4-16-32-23)25(28)20-5-3-15-26(17-20)33(29,30)24-13-11-22(31-2)12-14-24/h4,6-14,16,20H,3,5,15,17-18H2,1-2H3/t20-/m0/s1. The van der Waals surface area contributed by atoms with Crippen molar-refractivity contribution in [3.05, 3.63) is 78.3 Å². The van der Waals surface area contributed by atoms with Crippen LogP contribution in [-0.2, 0) is 21.4 Å². The first-order valence-corrected chi connectivity index (χ1v) is 12.4. The molecule has 1 aromatic heterocycles. The fourth-order valence-electron chi connectivity index (χ4n) is 4.06. The molecular weight excluding hydrogens is 440 g/mol. The fraction of sp³-hybridized carbons (Fsp3) is 0.320. The highest BCUT2D eigenvalue weighted by atomic mass is 32.2. The third-order valence-corrected chi connectivity index (χ3v) is 7.82. The maximum absolute atomic E-state index is 13.6. The number of benzene rings is 2. The van der Waals surface area contributed by atoms with Gasteiger partial charge in [-0.2, -0.15) is 4.31 Å². The number of carbonyl (C=O) groups excluding carboxylic acids is 1. The minimum atomic E-state index is -3.71. The Morgan fingerprint density at radius 2 is 1.85 bits per heavy atom. The number of anilines is 1. The van der Waals surface area contributed by atoms with Gasteiger partial charge in [0, 0.05) is 18.8 Å². The molecule has 4 rings (SSSR count). The van der Waals surface area contributed by atoms with Crippen LogP contribution in [-0.4, -0.2) is 38.8 Å². The van der Waals surface area contributed by atoms with Crippen molar-refractivity contribution in [2.45, 2.75) is 31.2 Å². The third kappa shape index (κ3) is 5.12. The number of carbonyl (C=O) groups is 1. The molecule has 33 heavy (non-hydrogen) atoms. The summed E-state index contributed by atoms with van der Waals surface area (Å²) >= 11 is 0. The predicted molar refractivity (Wildman–Crippen MR) is 126 cm³/mol. The molecule has 174 valence electrons. The van der Waals surface area contributed by atoms with E-state index in [0.717, 1.165) is 11.3 Å². The molecule has 1 atom stereocenters. The number of nitrogens with zero attached hydrogens (tertiary/aromatic N) is 2. The summed E-state index contributed by atoms with van der Waals surface area (Å²) in [6, 6.07) is 17.7. The third-order valence-electron chi connectivity index (χ3n) is 5.94. The van der Waals surface area contributed by atoms with Crippen LogP contribution in [0.25, 0.3) is 0 Å². The number of furan rings is 1. The lowest BCUT2D eigenvalue weighted by molar-refractivity contribution is -0.123. The van der Waals surface area contributed by atoms with E-state index in [4.69, 9.17) is 9.15 Å². The zero-order valence-corrected chi connectivity index (χ0v) is 19.6. The summed E-state index contributed by atoms with van der Waals surface area (Å²) in [5.41, 5.74) is 1.86. The van der Waals surface area contributed by atoms with Crippen LogP contribution in [0.2, 0.25) is 0 Å². The molecule has 1 fully saturated rings. The van der Waals surface area contributed by atoms with Crippen molar-refractivity contribution in [1.82, 2.24) is 4.31 Å². The topological polar surface area (TPSA) is 80.1 Å². The number of amides is 1. The molecular formula is C25H28N2O5S. The van der Waals surface area contributed by atoms with E-state index in [1.165, 1.54) is 23.5 Å². The summed E-state index contributed by atoms with van der Waals surface area (Å²) < 4.78 is 38.5. The van der Waals surface area contributed by atoms with Gasteiger partial charge in [0.15, 0.2) is 0 Å². The van der Waals surface area contributed by atoms with E-state index in [9.17, 15) is 13.2 Å². The molecule has 1 saturated heterocycles. The SMILES string of the molecule is COc1ccc(S(=O)(=O)N2CCC[C@H](C(=O)N(Cc3ccco3)c3ccc(C)cc3)C2)cc1. The zero-order chi connectivity index (χ0) is 23.4. The van der Waals surface area contributed by atoms with Gasteiger partial charge in [0.25, 0.3) is 0 Å². The monoisotopic (exact) mass is 468 g/mol. The first-order valence-electron chi connectivity index (χ1n) is 10.9. The Labute approximate surface area is 194 Å². The second kappa shape index (κ2) is 9.80. The molecule has 0 bridgehead atoms. The van der Waals surface area contributed by atoms with Crippen molar-refractivity contribution < 1.29 is 22.4 Å². The predicted octanol–water partition coefficient (Wildman–Crippen LogP) is 4.23. The Morgan fingerprint density at radius 1 is 1.12 bits per heavy atom. The number of methoxy groups -OCH3 is 1. The molecule has 2 aromatic carbocycles. The molecule has 1 amide bonds. The van der Waals surface area contributed by atoms with E-state index in [0.29, 0.717) is 30.9 Å². The Kier molecular flexibility index (Phi) is 6.85. The maximum Gasteiger partial charge on any atom is 0.243 e. The van der Waals surface area contributed by atoms with Gasteiger partial charge in [-0.25, -0.2) is 8.42 Å². The molecule has 7 nitrogen and oxygen atoms in total. The second-order valence-corrected chi connectivity index (χ2v) is 10.2. The molecule has 1 aliphatic rings. The molecule has 0 unspecified atom stereocenters. The van der Waals surface area contributed by atoms with Crippen LogP contribution in [0, 0.1) is 12.8 Å². The highest BCUT2D eigenvalue weighted by Gasteiger charge is 2.35. The van der Waals surface area contributed by atoms with E-state index in [1.54, 1.807) is 29.4 Å². The van der Waals surface area contributed by atoms with Crippen LogP contribution in [0.4, 0.5) is 5.69 Å². The first-order chi connectivity index (χ1) is 15.9. The number of hydrogen-bond donors (Lipinski definition) is 0. The largest absolute Gasteiger partial charge is 0.497 e. The highest BCUT2D eigenvalue weighted by molar-refractivity contribution is 7.89. The smallest absolute Gasteiger partial charge is 0.243 e. The molecule has 3 aromatic rings. The van der Waals surface area contributed by atoms with Crippen LogP contribution >= 0.6 is 0 Å². The molecule has 0 aliphatic carbocycles. The van der Waals surface area contributed by atoms with Crippen LogP contribution in [0.5, 0.6) is 5.75 Å². The van der Waals surface area contributed by atoms with E-state index in [-0.39, 0.29) is 23.9 Å². The van der Waals surface area contributed by atoms with E-state index in [1.807, 2.05) is 37.3 Å². The normalized spacial score (nSPS) is 17.0. The Hall–Kier alpha value is -3.10. The van der Waals surface area contributed by atoms with E-state index >= 15 is 0 Å². The van der Waals surface area contributed by atoms with Crippen LogP contribution in [0.1, 0.15) is 24.2 Å². The van der Waals surface area contributed by atoms with Gasteiger partial charge in [0.1, 0.15) is 11.5 Å². The van der Waals surface area contributed by atoms with Crippen LogP contribution < -0.4 is 9.64 Å². The lowest BCUT2D eigenvalue weighted by Crippen LogP contribution is -2.46. The van der Waals surface area contributed by atoms with Gasteiger partial charge in [-0.3, -0.25) is 4.79 Å². The average molecular weight is 469 g/mol. The number of sulfonamides is 1. The Bertz CT molecular complexity index is 1170.